The molecular formula is C13H12N4O. The topological polar surface area (TPSA) is 62.7 Å². The van der Waals surface area contributed by atoms with Crippen LogP contribution < -0.4 is 10.9 Å². The summed E-state index contributed by atoms with van der Waals surface area (Å²) in [5.41, 5.74) is 1.41. The van der Waals surface area contributed by atoms with E-state index in [1.807, 2.05) is 48.1 Å². The van der Waals surface area contributed by atoms with Gasteiger partial charge in [-0.3, -0.25) is 9.78 Å². The molecule has 2 aromatic heterocycles. The lowest BCUT2D eigenvalue weighted by atomic mass is 10.3. The summed E-state index contributed by atoms with van der Waals surface area (Å²) in [6.45, 7) is 0. The van der Waals surface area contributed by atoms with Crippen molar-refractivity contribution in [3.05, 3.63) is 52.9 Å². The summed E-state index contributed by atoms with van der Waals surface area (Å²) in [5, 5.41) is 3.67. The molecule has 0 radical (unpaired) electrons. The molecule has 0 aliphatic carbocycles. The molecular weight excluding hydrogens is 228 g/mol. The van der Waals surface area contributed by atoms with E-state index in [-0.39, 0.29) is 5.56 Å². The number of fused-ring (bicyclic) bond motifs is 1. The van der Waals surface area contributed by atoms with Crippen molar-refractivity contribution in [3.63, 3.8) is 0 Å². The fraction of sp³-hybridized carbons (Fsp3) is 0.0769. The minimum atomic E-state index is -0.140. The summed E-state index contributed by atoms with van der Waals surface area (Å²) in [6, 6.07) is 11.3. The Morgan fingerprint density at radius 3 is 2.78 bits per heavy atom. The Balaban J connectivity index is 2.08. The van der Waals surface area contributed by atoms with Gasteiger partial charge in [-0.2, -0.15) is 4.98 Å². The van der Waals surface area contributed by atoms with E-state index in [0.29, 0.717) is 17.0 Å². The van der Waals surface area contributed by atoms with Gasteiger partial charge >= 0.3 is 0 Å². The molecule has 0 amide bonds. The Labute approximate surface area is 103 Å². The SMILES string of the molecule is Cn1ccc2c(=O)[nH]c(Nc3ccccc3)nc21. The first kappa shape index (κ1) is 10.6. The molecule has 90 valence electrons. The second kappa shape index (κ2) is 4.03. The van der Waals surface area contributed by atoms with Gasteiger partial charge in [0.15, 0.2) is 0 Å². The van der Waals surface area contributed by atoms with Gasteiger partial charge in [-0.15, -0.1) is 0 Å². The third kappa shape index (κ3) is 1.75. The third-order valence-electron chi connectivity index (χ3n) is 2.77. The maximum atomic E-state index is 11.9. The highest BCUT2D eigenvalue weighted by Crippen LogP contribution is 2.13. The molecule has 0 unspecified atom stereocenters. The average Bonchev–Trinajstić information content (AvgIpc) is 2.73. The van der Waals surface area contributed by atoms with Crippen LogP contribution in [0.25, 0.3) is 11.0 Å². The average molecular weight is 240 g/mol. The molecule has 0 bridgehead atoms. The number of nitrogens with zero attached hydrogens (tertiary/aromatic N) is 2. The summed E-state index contributed by atoms with van der Waals surface area (Å²) in [4.78, 5) is 19.0. The fourth-order valence-corrected chi connectivity index (χ4v) is 1.86. The largest absolute Gasteiger partial charge is 0.335 e. The molecule has 5 nitrogen and oxygen atoms in total. The van der Waals surface area contributed by atoms with Gasteiger partial charge in [0.2, 0.25) is 5.95 Å². The Hall–Kier alpha value is -2.56. The Bertz CT molecular complexity index is 743. The molecule has 1 aromatic carbocycles. The van der Waals surface area contributed by atoms with E-state index in [1.165, 1.54) is 0 Å². The van der Waals surface area contributed by atoms with Crippen molar-refractivity contribution in [3.8, 4) is 0 Å². The van der Waals surface area contributed by atoms with E-state index in [1.54, 1.807) is 6.07 Å². The van der Waals surface area contributed by atoms with E-state index in [2.05, 4.69) is 15.3 Å². The quantitative estimate of drug-likeness (QED) is 0.720. The highest BCUT2D eigenvalue weighted by molar-refractivity contribution is 5.76. The third-order valence-corrected chi connectivity index (χ3v) is 2.77. The van der Waals surface area contributed by atoms with Crippen molar-refractivity contribution < 1.29 is 0 Å². The number of rotatable bonds is 2. The number of hydrogen-bond acceptors (Lipinski definition) is 3. The minimum Gasteiger partial charge on any atom is -0.335 e. The van der Waals surface area contributed by atoms with Crippen LogP contribution in [0.15, 0.2) is 47.4 Å². The van der Waals surface area contributed by atoms with Gasteiger partial charge in [0.05, 0.1) is 5.39 Å². The van der Waals surface area contributed by atoms with E-state index in [0.717, 1.165) is 5.69 Å². The number of anilines is 2. The van der Waals surface area contributed by atoms with Gasteiger partial charge in [0, 0.05) is 18.9 Å². The van der Waals surface area contributed by atoms with Gasteiger partial charge in [-0.25, -0.2) is 0 Å². The molecule has 3 rings (SSSR count). The molecule has 2 N–H and O–H groups in total. The second-order valence-electron chi connectivity index (χ2n) is 4.07. The van der Waals surface area contributed by atoms with Gasteiger partial charge in [0.25, 0.3) is 5.56 Å². The first-order valence-electron chi connectivity index (χ1n) is 5.61. The van der Waals surface area contributed by atoms with Gasteiger partial charge in [-0.05, 0) is 18.2 Å². The molecule has 0 saturated heterocycles. The number of benzene rings is 1. The number of aromatic nitrogens is 3. The Morgan fingerprint density at radius 2 is 2.00 bits per heavy atom. The highest BCUT2D eigenvalue weighted by Gasteiger charge is 2.06. The lowest BCUT2D eigenvalue weighted by Crippen LogP contribution is -2.11. The molecule has 3 aromatic rings. The standard InChI is InChI=1S/C13H12N4O/c1-17-8-7-10-11(17)15-13(16-12(10)18)14-9-5-3-2-4-6-9/h2-8H,1H3,(H2,14,15,16,18). The molecule has 0 aliphatic heterocycles. The van der Waals surface area contributed by atoms with Crippen molar-refractivity contribution in [1.82, 2.24) is 14.5 Å². The number of H-pyrrole nitrogens is 1. The van der Waals surface area contributed by atoms with Crippen molar-refractivity contribution in [1.29, 1.82) is 0 Å². The van der Waals surface area contributed by atoms with Gasteiger partial charge < -0.3 is 9.88 Å². The van der Waals surface area contributed by atoms with E-state index in [9.17, 15) is 4.79 Å². The van der Waals surface area contributed by atoms with Gasteiger partial charge in [0.1, 0.15) is 5.65 Å². The number of aromatic amines is 1. The van der Waals surface area contributed by atoms with E-state index < -0.39 is 0 Å². The maximum absolute atomic E-state index is 11.9. The van der Waals surface area contributed by atoms with Crippen LogP contribution >= 0.6 is 0 Å². The Morgan fingerprint density at radius 1 is 1.22 bits per heavy atom. The normalized spacial score (nSPS) is 10.7. The lowest BCUT2D eigenvalue weighted by Gasteiger charge is -2.05. The molecule has 0 fully saturated rings. The smallest absolute Gasteiger partial charge is 0.261 e. The predicted molar refractivity (Wildman–Crippen MR) is 71.1 cm³/mol. The summed E-state index contributed by atoms with van der Waals surface area (Å²) in [5.74, 6) is 0.445. The van der Waals surface area contributed by atoms with Crippen LogP contribution in [0.2, 0.25) is 0 Å². The molecule has 0 atom stereocenters. The van der Waals surface area contributed by atoms with Crippen LogP contribution in [-0.4, -0.2) is 14.5 Å². The zero-order chi connectivity index (χ0) is 12.5. The summed E-state index contributed by atoms with van der Waals surface area (Å²) in [6.07, 6.45) is 1.82. The van der Waals surface area contributed by atoms with Crippen LogP contribution in [0, 0.1) is 0 Å². The second-order valence-corrected chi connectivity index (χ2v) is 4.07. The van der Waals surface area contributed by atoms with Crippen molar-refractivity contribution >= 4 is 22.7 Å². The van der Waals surface area contributed by atoms with Crippen molar-refractivity contribution in [2.45, 2.75) is 0 Å². The first-order valence-corrected chi connectivity index (χ1v) is 5.61. The molecule has 0 saturated carbocycles. The van der Waals surface area contributed by atoms with Crippen LogP contribution in [0.4, 0.5) is 11.6 Å². The molecule has 0 aliphatic rings. The van der Waals surface area contributed by atoms with Crippen LogP contribution in [0.1, 0.15) is 0 Å². The first-order chi connectivity index (χ1) is 8.74. The number of aryl methyl sites for hydroxylation is 1. The van der Waals surface area contributed by atoms with Crippen LogP contribution in [-0.2, 0) is 7.05 Å². The summed E-state index contributed by atoms with van der Waals surface area (Å²) in [7, 11) is 1.86. The van der Waals surface area contributed by atoms with Crippen molar-refractivity contribution in [2.24, 2.45) is 7.05 Å². The lowest BCUT2D eigenvalue weighted by molar-refractivity contribution is 0.943. The van der Waals surface area contributed by atoms with Gasteiger partial charge in [-0.1, -0.05) is 18.2 Å². The number of nitrogens with one attached hydrogen (secondary N) is 2. The Kier molecular flexibility index (Phi) is 2.37. The van der Waals surface area contributed by atoms with Crippen LogP contribution in [0.5, 0.6) is 0 Å². The predicted octanol–water partition coefficient (Wildman–Crippen LogP) is 2.01. The zero-order valence-electron chi connectivity index (χ0n) is 9.84. The molecule has 2 heterocycles. The minimum absolute atomic E-state index is 0.140. The van der Waals surface area contributed by atoms with E-state index in [4.69, 9.17) is 0 Å². The molecule has 0 spiro atoms. The fourth-order valence-electron chi connectivity index (χ4n) is 1.86. The van der Waals surface area contributed by atoms with E-state index >= 15 is 0 Å². The van der Waals surface area contributed by atoms with Crippen LogP contribution in [0.3, 0.4) is 0 Å². The monoisotopic (exact) mass is 240 g/mol. The zero-order valence-corrected chi connectivity index (χ0v) is 9.84. The molecule has 5 heteroatoms. The van der Waals surface area contributed by atoms with Crippen molar-refractivity contribution in [2.75, 3.05) is 5.32 Å². The summed E-state index contributed by atoms with van der Waals surface area (Å²) < 4.78 is 1.82. The number of hydrogen-bond donors (Lipinski definition) is 2. The summed E-state index contributed by atoms with van der Waals surface area (Å²) >= 11 is 0. The molecule has 18 heavy (non-hydrogen) atoms. The number of para-hydroxylation sites is 1. The maximum Gasteiger partial charge on any atom is 0.261 e. The highest BCUT2D eigenvalue weighted by atomic mass is 16.1.